The Morgan fingerprint density at radius 1 is 1.40 bits per heavy atom. The van der Waals surface area contributed by atoms with Crippen LogP contribution in [-0.4, -0.2) is 11.9 Å². The summed E-state index contributed by atoms with van der Waals surface area (Å²) >= 11 is 0. The summed E-state index contributed by atoms with van der Waals surface area (Å²) in [6.07, 6.45) is 6.89. The van der Waals surface area contributed by atoms with Crippen molar-refractivity contribution >= 4 is 5.91 Å². The van der Waals surface area contributed by atoms with Gasteiger partial charge in [-0.05, 0) is 44.1 Å². The number of carbonyl (C=O) groups is 1. The Hall–Kier alpha value is -1.05. The van der Waals surface area contributed by atoms with Gasteiger partial charge in [0, 0.05) is 6.04 Å². The second-order valence-corrected chi connectivity index (χ2v) is 4.27. The Morgan fingerprint density at radius 3 is 2.47 bits per heavy atom. The van der Waals surface area contributed by atoms with Gasteiger partial charge in [-0.2, -0.15) is 0 Å². The van der Waals surface area contributed by atoms with E-state index >= 15 is 0 Å². The van der Waals surface area contributed by atoms with E-state index < -0.39 is 0 Å². The lowest BCUT2D eigenvalue weighted by atomic mass is 9.81. The molecule has 0 aromatic carbocycles. The first kappa shape index (κ1) is 12.0. The maximum Gasteiger partial charge on any atom is 0.243 e. The van der Waals surface area contributed by atoms with Gasteiger partial charge in [0.1, 0.15) is 0 Å². The highest BCUT2D eigenvalue weighted by Crippen LogP contribution is 2.30. The van der Waals surface area contributed by atoms with Gasteiger partial charge in [0.05, 0.1) is 0 Å². The van der Waals surface area contributed by atoms with E-state index in [9.17, 15) is 4.79 Å². The number of amides is 1. The van der Waals surface area contributed by atoms with Crippen molar-refractivity contribution in [3.63, 3.8) is 0 Å². The van der Waals surface area contributed by atoms with Gasteiger partial charge in [-0.1, -0.05) is 25.7 Å². The zero-order valence-electron chi connectivity index (χ0n) is 9.59. The number of hydrogen-bond acceptors (Lipinski definition) is 1. The van der Waals surface area contributed by atoms with Crippen LogP contribution in [-0.2, 0) is 4.79 Å². The molecule has 15 heavy (non-hydrogen) atoms. The molecule has 0 bridgehead atoms. The van der Waals surface area contributed by atoms with Crippen LogP contribution < -0.4 is 5.32 Å². The van der Waals surface area contributed by atoms with E-state index in [0.29, 0.717) is 12.0 Å². The minimum Gasteiger partial charge on any atom is -0.350 e. The molecule has 0 unspecified atom stereocenters. The molecule has 0 spiro atoms. The van der Waals surface area contributed by atoms with E-state index in [2.05, 4.69) is 25.4 Å². The Balaban J connectivity index is 2.32. The molecule has 0 atom stereocenters. The van der Waals surface area contributed by atoms with Gasteiger partial charge >= 0.3 is 0 Å². The first-order chi connectivity index (χ1) is 7.17. The smallest absolute Gasteiger partial charge is 0.243 e. The van der Waals surface area contributed by atoms with Crippen molar-refractivity contribution in [2.24, 2.45) is 5.92 Å². The third-order valence-electron chi connectivity index (χ3n) is 3.29. The summed E-state index contributed by atoms with van der Waals surface area (Å²) < 4.78 is 0. The minimum absolute atomic E-state index is 0.0484. The van der Waals surface area contributed by atoms with E-state index in [-0.39, 0.29) is 5.91 Å². The van der Waals surface area contributed by atoms with Crippen LogP contribution in [0.4, 0.5) is 0 Å². The highest BCUT2D eigenvalue weighted by atomic mass is 16.1. The summed E-state index contributed by atoms with van der Waals surface area (Å²) in [5, 5.41) is 2.96. The third-order valence-corrected chi connectivity index (χ3v) is 3.29. The fourth-order valence-corrected chi connectivity index (χ4v) is 2.19. The summed E-state index contributed by atoms with van der Waals surface area (Å²) in [4.78, 5) is 11.1. The molecule has 2 heteroatoms. The Kier molecular flexibility index (Phi) is 4.60. The minimum atomic E-state index is -0.0484. The maximum atomic E-state index is 11.1. The highest BCUT2D eigenvalue weighted by molar-refractivity contribution is 5.87. The van der Waals surface area contributed by atoms with E-state index in [1.807, 2.05) is 0 Å². The average Bonchev–Trinajstić information content (AvgIpc) is 2.29. The van der Waals surface area contributed by atoms with Crippen LogP contribution in [0.3, 0.4) is 0 Å². The molecule has 2 nitrogen and oxygen atoms in total. The number of nitrogens with one attached hydrogen (secondary N) is 1. The van der Waals surface area contributed by atoms with Crippen LogP contribution in [0.15, 0.2) is 24.8 Å². The number of rotatable bonds is 4. The Bertz CT molecular complexity index is 249. The fraction of sp³-hybridized carbons (Fsp3) is 0.615. The summed E-state index contributed by atoms with van der Waals surface area (Å²) in [7, 11) is 0. The summed E-state index contributed by atoms with van der Waals surface area (Å²) in [5.41, 5.74) is 1.36. The monoisotopic (exact) mass is 207 g/mol. The molecule has 84 valence electrons. The van der Waals surface area contributed by atoms with Gasteiger partial charge in [-0.15, -0.1) is 0 Å². The van der Waals surface area contributed by atoms with Crippen LogP contribution in [0.1, 0.15) is 39.0 Å². The zero-order valence-corrected chi connectivity index (χ0v) is 9.59. The zero-order chi connectivity index (χ0) is 11.3. The van der Waals surface area contributed by atoms with E-state index in [4.69, 9.17) is 0 Å². The molecule has 0 radical (unpaired) electrons. The normalized spacial score (nSPS) is 25.7. The van der Waals surface area contributed by atoms with Gasteiger partial charge < -0.3 is 5.32 Å². The summed E-state index contributed by atoms with van der Waals surface area (Å²) in [6, 6.07) is 0.344. The second kappa shape index (κ2) is 5.74. The molecule has 0 aromatic heterocycles. The molecule has 1 fully saturated rings. The lowest BCUT2D eigenvalue weighted by Gasteiger charge is -2.29. The first-order valence-corrected chi connectivity index (χ1v) is 5.78. The molecular formula is C13H21NO. The molecule has 1 aliphatic carbocycles. The van der Waals surface area contributed by atoms with Crippen molar-refractivity contribution < 1.29 is 4.79 Å². The Labute approximate surface area is 92.4 Å². The van der Waals surface area contributed by atoms with Crippen molar-refractivity contribution in [2.45, 2.75) is 45.1 Å². The SMILES string of the molecule is C=CC(=O)N[C@H]1CC[C@@H](C(=C)CC)CC1. The Morgan fingerprint density at radius 2 is 2.00 bits per heavy atom. The predicted octanol–water partition coefficient (Wildman–Crippen LogP) is 2.81. The molecular weight excluding hydrogens is 186 g/mol. The maximum absolute atomic E-state index is 11.1. The highest BCUT2D eigenvalue weighted by Gasteiger charge is 2.22. The fourth-order valence-electron chi connectivity index (χ4n) is 2.19. The van der Waals surface area contributed by atoms with Crippen molar-refractivity contribution in [3.05, 3.63) is 24.8 Å². The van der Waals surface area contributed by atoms with E-state index in [1.54, 1.807) is 0 Å². The van der Waals surface area contributed by atoms with Crippen molar-refractivity contribution in [2.75, 3.05) is 0 Å². The van der Waals surface area contributed by atoms with Crippen LogP contribution in [0, 0.1) is 5.92 Å². The molecule has 1 aliphatic rings. The molecule has 0 saturated heterocycles. The standard InChI is InChI=1S/C13H21NO/c1-4-10(3)11-6-8-12(9-7-11)14-13(15)5-2/h5,11-12H,2-4,6-9H2,1H3,(H,14,15)/t11-,12+. The van der Waals surface area contributed by atoms with Crippen molar-refractivity contribution in [3.8, 4) is 0 Å². The average molecular weight is 207 g/mol. The van der Waals surface area contributed by atoms with E-state index in [0.717, 1.165) is 32.1 Å². The van der Waals surface area contributed by atoms with Crippen LogP contribution in [0.25, 0.3) is 0 Å². The number of carbonyl (C=O) groups excluding carboxylic acids is 1. The molecule has 1 amide bonds. The quantitative estimate of drug-likeness (QED) is 0.557. The number of allylic oxidation sites excluding steroid dienone is 1. The first-order valence-electron chi connectivity index (χ1n) is 5.78. The second-order valence-electron chi connectivity index (χ2n) is 4.27. The number of hydrogen-bond donors (Lipinski definition) is 1. The lowest BCUT2D eigenvalue weighted by Crippen LogP contribution is -2.36. The van der Waals surface area contributed by atoms with Crippen LogP contribution in [0.2, 0.25) is 0 Å². The van der Waals surface area contributed by atoms with Gasteiger partial charge in [-0.25, -0.2) is 0 Å². The van der Waals surface area contributed by atoms with Crippen molar-refractivity contribution in [1.29, 1.82) is 0 Å². The largest absolute Gasteiger partial charge is 0.350 e. The van der Waals surface area contributed by atoms with Crippen LogP contribution in [0.5, 0.6) is 0 Å². The molecule has 1 saturated carbocycles. The van der Waals surface area contributed by atoms with Gasteiger partial charge in [0.25, 0.3) is 0 Å². The molecule has 1 rings (SSSR count). The molecule has 1 N–H and O–H groups in total. The van der Waals surface area contributed by atoms with Gasteiger partial charge in [0.2, 0.25) is 5.91 Å². The summed E-state index contributed by atoms with van der Waals surface area (Å²) in [5.74, 6) is 0.625. The predicted molar refractivity (Wildman–Crippen MR) is 63.5 cm³/mol. The van der Waals surface area contributed by atoms with Gasteiger partial charge in [0.15, 0.2) is 0 Å². The molecule has 0 aliphatic heterocycles. The molecule has 0 aromatic rings. The van der Waals surface area contributed by atoms with Gasteiger partial charge in [-0.3, -0.25) is 4.79 Å². The van der Waals surface area contributed by atoms with Crippen LogP contribution >= 0.6 is 0 Å². The van der Waals surface area contributed by atoms with E-state index in [1.165, 1.54) is 11.6 Å². The molecule has 0 heterocycles. The van der Waals surface area contributed by atoms with Crippen molar-refractivity contribution in [1.82, 2.24) is 5.32 Å². The topological polar surface area (TPSA) is 29.1 Å². The lowest BCUT2D eigenvalue weighted by molar-refractivity contribution is -0.117. The third kappa shape index (κ3) is 3.54. The summed E-state index contributed by atoms with van der Waals surface area (Å²) in [6.45, 7) is 9.71.